The molecule has 5 heteroatoms. The van der Waals surface area contributed by atoms with E-state index in [0.29, 0.717) is 12.2 Å². The molecule has 0 saturated heterocycles. The van der Waals surface area contributed by atoms with Crippen LogP contribution < -0.4 is 5.32 Å². The number of rotatable bonds is 5. The third kappa shape index (κ3) is 3.04. The van der Waals surface area contributed by atoms with Crippen LogP contribution in [-0.4, -0.2) is 27.0 Å². The number of pyridine rings is 1. The lowest BCUT2D eigenvalue weighted by molar-refractivity contribution is 0.0947. The summed E-state index contributed by atoms with van der Waals surface area (Å²) in [6.07, 6.45) is 8.11. The van der Waals surface area contributed by atoms with E-state index in [1.54, 1.807) is 12.4 Å². The maximum atomic E-state index is 12.5. The van der Waals surface area contributed by atoms with Crippen LogP contribution in [-0.2, 0) is 6.42 Å². The Balaban J connectivity index is 1.44. The minimum absolute atomic E-state index is 0.0892. The number of carbonyl (C=O) groups excluding carboxylic acids is 1. The van der Waals surface area contributed by atoms with E-state index in [2.05, 4.69) is 27.4 Å². The summed E-state index contributed by atoms with van der Waals surface area (Å²) in [5, 5.41) is 4.21. The molecule has 4 rings (SSSR count). The fourth-order valence-corrected chi connectivity index (χ4v) is 3.03. The van der Waals surface area contributed by atoms with E-state index < -0.39 is 0 Å². The van der Waals surface area contributed by atoms with Crippen molar-refractivity contribution in [1.29, 1.82) is 0 Å². The Bertz CT molecular complexity index is 1000. The van der Waals surface area contributed by atoms with Gasteiger partial charge in [-0.05, 0) is 42.3 Å². The number of nitrogens with one attached hydrogen (secondary N) is 2. The molecule has 0 aliphatic heterocycles. The number of aromatic amines is 1. The lowest BCUT2D eigenvalue weighted by Gasteiger charge is -2.09. The van der Waals surface area contributed by atoms with Crippen molar-refractivity contribution < 1.29 is 4.79 Å². The van der Waals surface area contributed by atoms with Gasteiger partial charge in [0.2, 0.25) is 0 Å². The van der Waals surface area contributed by atoms with Crippen LogP contribution in [0.3, 0.4) is 0 Å². The number of hydrogen-bond donors (Lipinski definition) is 2. The molecule has 25 heavy (non-hydrogen) atoms. The summed E-state index contributed by atoms with van der Waals surface area (Å²) >= 11 is 0. The summed E-state index contributed by atoms with van der Waals surface area (Å²) in [4.78, 5) is 19.9. The molecule has 3 aromatic heterocycles. The van der Waals surface area contributed by atoms with Crippen LogP contribution in [0.2, 0.25) is 0 Å². The predicted molar refractivity (Wildman–Crippen MR) is 97.9 cm³/mol. The molecule has 2 N–H and O–H groups in total. The topological polar surface area (TPSA) is 62.7 Å². The summed E-state index contributed by atoms with van der Waals surface area (Å²) in [6.45, 7) is 0.582. The molecule has 0 unspecified atom stereocenters. The van der Waals surface area contributed by atoms with Crippen molar-refractivity contribution in [3.05, 3.63) is 84.6 Å². The molecule has 1 amide bonds. The number of para-hydroxylation sites is 1. The molecule has 4 aromatic rings. The molecule has 3 heterocycles. The monoisotopic (exact) mass is 330 g/mol. The molecule has 124 valence electrons. The van der Waals surface area contributed by atoms with Gasteiger partial charge in [-0.1, -0.05) is 18.2 Å². The molecular formula is C20H18N4O. The summed E-state index contributed by atoms with van der Waals surface area (Å²) in [5.41, 5.74) is 3.80. The Morgan fingerprint density at radius 1 is 1.12 bits per heavy atom. The summed E-state index contributed by atoms with van der Waals surface area (Å²) in [7, 11) is 0. The van der Waals surface area contributed by atoms with Gasteiger partial charge in [0, 0.05) is 36.0 Å². The molecule has 0 fully saturated rings. The number of hydrogen-bond acceptors (Lipinski definition) is 2. The second-order valence-electron chi connectivity index (χ2n) is 5.84. The van der Waals surface area contributed by atoms with E-state index >= 15 is 0 Å². The van der Waals surface area contributed by atoms with Crippen molar-refractivity contribution in [1.82, 2.24) is 19.9 Å². The normalized spacial score (nSPS) is 10.9. The van der Waals surface area contributed by atoms with Crippen LogP contribution in [0.15, 0.2) is 73.3 Å². The lowest BCUT2D eigenvalue weighted by Crippen LogP contribution is -2.27. The van der Waals surface area contributed by atoms with E-state index in [4.69, 9.17) is 0 Å². The van der Waals surface area contributed by atoms with Gasteiger partial charge in [-0.3, -0.25) is 9.78 Å². The van der Waals surface area contributed by atoms with Crippen molar-refractivity contribution in [3.63, 3.8) is 0 Å². The molecule has 0 spiro atoms. The zero-order valence-corrected chi connectivity index (χ0v) is 13.6. The Hall–Kier alpha value is -3.34. The highest BCUT2D eigenvalue weighted by Crippen LogP contribution is 2.18. The molecule has 0 aliphatic carbocycles. The van der Waals surface area contributed by atoms with E-state index in [0.717, 1.165) is 17.6 Å². The van der Waals surface area contributed by atoms with Crippen LogP contribution in [0.25, 0.3) is 16.6 Å². The maximum absolute atomic E-state index is 12.5. The van der Waals surface area contributed by atoms with E-state index in [1.807, 2.05) is 53.4 Å². The van der Waals surface area contributed by atoms with Gasteiger partial charge < -0.3 is 14.9 Å². The largest absolute Gasteiger partial charge is 0.361 e. The van der Waals surface area contributed by atoms with Gasteiger partial charge in [0.15, 0.2) is 0 Å². The number of carbonyl (C=O) groups is 1. The first-order valence-electron chi connectivity index (χ1n) is 8.24. The minimum Gasteiger partial charge on any atom is -0.361 e. The number of amides is 1. The SMILES string of the molecule is O=C(NCCc1c[nH]c2ccccc12)c1cccn1-c1cccnc1. The van der Waals surface area contributed by atoms with Gasteiger partial charge in [-0.15, -0.1) is 0 Å². The lowest BCUT2D eigenvalue weighted by atomic mass is 10.1. The van der Waals surface area contributed by atoms with Crippen molar-refractivity contribution in [2.75, 3.05) is 6.54 Å². The van der Waals surface area contributed by atoms with Crippen molar-refractivity contribution in [2.45, 2.75) is 6.42 Å². The van der Waals surface area contributed by atoms with Crippen LogP contribution in [0, 0.1) is 0 Å². The van der Waals surface area contributed by atoms with Crippen LogP contribution in [0.5, 0.6) is 0 Å². The van der Waals surface area contributed by atoms with Gasteiger partial charge >= 0.3 is 0 Å². The molecular weight excluding hydrogens is 312 g/mol. The Kier molecular flexibility index (Phi) is 4.04. The number of nitrogens with zero attached hydrogens (tertiary/aromatic N) is 2. The summed E-state index contributed by atoms with van der Waals surface area (Å²) in [6, 6.07) is 15.6. The average Bonchev–Trinajstić information content (AvgIpc) is 3.30. The second kappa shape index (κ2) is 6.65. The van der Waals surface area contributed by atoms with Gasteiger partial charge in [-0.2, -0.15) is 0 Å². The van der Waals surface area contributed by atoms with Crippen LogP contribution in [0.1, 0.15) is 16.1 Å². The standard InChI is InChI=1S/C20H18N4O/c25-20(19-8-4-12-24(19)16-5-3-10-21-14-16)22-11-9-15-13-23-18-7-2-1-6-17(15)18/h1-8,10,12-14,23H,9,11H2,(H,22,25). The van der Waals surface area contributed by atoms with Gasteiger partial charge in [-0.25, -0.2) is 0 Å². The Labute approximate surface area is 145 Å². The molecule has 1 aromatic carbocycles. The van der Waals surface area contributed by atoms with Gasteiger partial charge in [0.25, 0.3) is 5.91 Å². The van der Waals surface area contributed by atoms with E-state index in [9.17, 15) is 4.79 Å². The van der Waals surface area contributed by atoms with E-state index in [-0.39, 0.29) is 5.91 Å². The third-order valence-corrected chi connectivity index (χ3v) is 4.26. The molecule has 0 aliphatic rings. The van der Waals surface area contributed by atoms with Gasteiger partial charge in [0.05, 0.1) is 11.9 Å². The summed E-state index contributed by atoms with van der Waals surface area (Å²) in [5.74, 6) is -0.0892. The highest BCUT2D eigenvalue weighted by molar-refractivity contribution is 5.93. The maximum Gasteiger partial charge on any atom is 0.268 e. The first-order valence-corrected chi connectivity index (χ1v) is 8.24. The highest BCUT2D eigenvalue weighted by atomic mass is 16.1. The number of benzene rings is 1. The molecule has 0 saturated carbocycles. The first kappa shape index (κ1) is 15.2. The fourth-order valence-electron chi connectivity index (χ4n) is 3.03. The van der Waals surface area contributed by atoms with Crippen LogP contribution in [0.4, 0.5) is 0 Å². The smallest absolute Gasteiger partial charge is 0.268 e. The predicted octanol–water partition coefficient (Wildman–Crippen LogP) is 3.33. The Morgan fingerprint density at radius 2 is 2.04 bits per heavy atom. The molecule has 0 radical (unpaired) electrons. The number of H-pyrrole nitrogens is 1. The second-order valence-corrected chi connectivity index (χ2v) is 5.84. The quantitative estimate of drug-likeness (QED) is 0.589. The first-order chi connectivity index (χ1) is 12.3. The highest BCUT2D eigenvalue weighted by Gasteiger charge is 2.12. The number of fused-ring (bicyclic) bond motifs is 1. The average molecular weight is 330 g/mol. The number of aromatic nitrogens is 3. The molecule has 0 atom stereocenters. The van der Waals surface area contributed by atoms with Crippen molar-refractivity contribution >= 4 is 16.8 Å². The van der Waals surface area contributed by atoms with Gasteiger partial charge in [0.1, 0.15) is 5.69 Å². The summed E-state index contributed by atoms with van der Waals surface area (Å²) < 4.78 is 1.84. The van der Waals surface area contributed by atoms with Crippen molar-refractivity contribution in [2.24, 2.45) is 0 Å². The van der Waals surface area contributed by atoms with Crippen molar-refractivity contribution in [3.8, 4) is 5.69 Å². The zero-order chi connectivity index (χ0) is 17.1. The zero-order valence-electron chi connectivity index (χ0n) is 13.6. The van der Waals surface area contributed by atoms with E-state index in [1.165, 1.54) is 10.9 Å². The Morgan fingerprint density at radius 3 is 2.92 bits per heavy atom. The van der Waals surface area contributed by atoms with Crippen LogP contribution >= 0.6 is 0 Å². The molecule has 0 bridgehead atoms. The third-order valence-electron chi connectivity index (χ3n) is 4.26. The molecule has 5 nitrogen and oxygen atoms in total. The fraction of sp³-hybridized carbons (Fsp3) is 0.100. The minimum atomic E-state index is -0.0892.